The number of halogens is 3. The lowest BCUT2D eigenvalue weighted by Crippen LogP contribution is -2.50. The van der Waals surface area contributed by atoms with Crippen LogP contribution in [0.5, 0.6) is 0 Å². The molecule has 0 radical (unpaired) electrons. The minimum atomic E-state index is -4.57. The number of nitrogens with zero attached hydrogens (tertiary/aromatic N) is 4. The van der Waals surface area contributed by atoms with Gasteiger partial charge in [-0.1, -0.05) is 0 Å². The third-order valence-corrected chi connectivity index (χ3v) is 4.74. The molecule has 0 atom stereocenters. The van der Waals surface area contributed by atoms with Crippen molar-refractivity contribution in [2.75, 3.05) is 25.0 Å². The van der Waals surface area contributed by atoms with Crippen LogP contribution in [0.15, 0.2) is 12.1 Å². The average Bonchev–Trinajstić information content (AvgIpc) is 2.62. The number of carbonyl (C=O) groups is 2. The predicted molar refractivity (Wildman–Crippen MR) is 86.2 cm³/mol. The van der Waals surface area contributed by atoms with E-state index in [2.05, 4.69) is 15.5 Å². The van der Waals surface area contributed by atoms with E-state index in [-0.39, 0.29) is 17.8 Å². The van der Waals surface area contributed by atoms with Gasteiger partial charge in [-0.3, -0.25) is 10.1 Å². The highest BCUT2D eigenvalue weighted by atomic mass is 19.4. The summed E-state index contributed by atoms with van der Waals surface area (Å²) in [6.45, 7) is 1.74. The van der Waals surface area contributed by atoms with E-state index < -0.39 is 17.9 Å². The predicted octanol–water partition coefficient (Wildman–Crippen LogP) is 2.50. The van der Waals surface area contributed by atoms with Crippen molar-refractivity contribution < 1.29 is 22.8 Å². The van der Waals surface area contributed by atoms with E-state index in [9.17, 15) is 22.8 Å². The lowest BCUT2D eigenvalue weighted by Gasteiger charge is -2.40. The lowest BCUT2D eigenvalue weighted by atomic mass is 10.00. The monoisotopic (exact) mass is 371 g/mol. The van der Waals surface area contributed by atoms with E-state index in [0.29, 0.717) is 32.4 Å². The molecule has 3 rings (SSSR count). The Morgan fingerprint density at radius 1 is 1.12 bits per heavy atom. The Morgan fingerprint density at radius 3 is 2.42 bits per heavy atom. The Bertz CT molecular complexity index is 657. The summed E-state index contributed by atoms with van der Waals surface area (Å²) in [6.07, 6.45) is -0.643. The molecule has 142 valence electrons. The van der Waals surface area contributed by atoms with E-state index in [4.69, 9.17) is 0 Å². The number of urea groups is 1. The van der Waals surface area contributed by atoms with Crippen LogP contribution in [0, 0.1) is 0 Å². The fourth-order valence-electron chi connectivity index (χ4n) is 3.33. The number of hydrogen-bond acceptors (Lipinski definition) is 4. The number of amides is 3. The van der Waals surface area contributed by atoms with Crippen LogP contribution in [0.4, 0.5) is 23.8 Å². The van der Waals surface area contributed by atoms with Crippen molar-refractivity contribution in [1.29, 1.82) is 0 Å². The van der Waals surface area contributed by atoms with Crippen LogP contribution < -0.4 is 5.32 Å². The molecule has 3 heterocycles. The van der Waals surface area contributed by atoms with Crippen LogP contribution in [0.25, 0.3) is 0 Å². The molecule has 3 amide bonds. The van der Waals surface area contributed by atoms with Gasteiger partial charge < -0.3 is 9.80 Å². The molecule has 0 aromatic carbocycles. The summed E-state index contributed by atoms with van der Waals surface area (Å²) in [5.41, 5.74) is -1.11. The molecule has 0 spiro atoms. The number of likely N-dealkylation sites (tertiary alicyclic amines) is 2. The Labute approximate surface area is 148 Å². The highest BCUT2D eigenvalue weighted by Gasteiger charge is 2.33. The summed E-state index contributed by atoms with van der Waals surface area (Å²) in [5.74, 6) is 0.149. The van der Waals surface area contributed by atoms with Crippen molar-refractivity contribution in [1.82, 2.24) is 20.0 Å². The Hall–Kier alpha value is -2.39. The first-order chi connectivity index (χ1) is 12.3. The molecule has 2 fully saturated rings. The summed E-state index contributed by atoms with van der Waals surface area (Å²) in [5, 5.41) is 8.93. The summed E-state index contributed by atoms with van der Waals surface area (Å²) in [4.78, 5) is 27.7. The van der Waals surface area contributed by atoms with Gasteiger partial charge in [-0.15, -0.1) is 10.2 Å². The topological polar surface area (TPSA) is 78.4 Å². The van der Waals surface area contributed by atoms with Crippen molar-refractivity contribution in [3.8, 4) is 0 Å². The average molecular weight is 371 g/mol. The number of alkyl halides is 3. The summed E-state index contributed by atoms with van der Waals surface area (Å²) in [7, 11) is 0. The van der Waals surface area contributed by atoms with Crippen molar-refractivity contribution in [2.24, 2.45) is 0 Å². The molecular formula is C16H20F3N5O2. The van der Waals surface area contributed by atoms with Crippen molar-refractivity contribution in [2.45, 2.75) is 44.3 Å². The number of rotatable bonds is 2. The van der Waals surface area contributed by atoms with Crippen LogP contribution in [0.3, 0.4) is 0 Å². The van der Waals surface area contributed by atoms with E-state index >= 15 is 0 Å². The largest absolute Gasteiger partial charge is 0.435 e. The van der Waals surface area contributed by atoms with Gasteiger partial charge in [0, 0.05) is 32.1 Å². The first-order valence-electron chi connectivity index (χ1n) is 8.61. The first-order valence-corrected chi connectivity index (χ1v) is 8.61. The normalized spacial score (nSPS) is 19.6. The molecule has 2 aliphatic rings. The number of aromatic nitrogens is 2. The van der Waals surface area contributed by atoms with Crippen LogP contribution >= 0.6 is 0 Å². The molecule has 2 aliphatic heterocycles. The van der Waals surface area contributed by atoms with E-state index in [1.165, 1.54) is 0 Å². The SMILES string of the molecule is O=C(Nc1ccc(C(F)(F)F)nn1)N1CCC(N2CCCCC2=O)CC1. The molecule has 0 saturated carbocycles. The van der Waals surface area contributed by atoms with E-state index in [1.807, 2.05) is 4.90 Å². The number of piperidine rings is 2. The molecule has 26 heavy (non-hydrogen) atoms. The van der Waals surface area contributed by atoms with Crippen molar-refractivity contribution >= 4 is 17.8 Å². The number of anilines is 1. The van der Waals surface area contributed by atoms with Gasteiger partial charge in [-0.2, -0.15) is 13.2 Å². The molecule has 10 heteroatoms. The van der Waals surface area contributed by atoms with Gasteiger partial charge >= 0.3 is 12.2 Å². The van der Waals surface area contributed by atoms with Gasteiger partial charge in [0.2, 0.25) is 5.91 Å². The number of hydrogen-bond donors (Lipinski definition) is 1. The molecule has 0 unspecified atom stereocenters. The quantitative estimate of drug-likeness (QED) is 0.866. The molecule has 0 aliphatic carbocycles. The second-order valence-electron chi connectivity index (χ2n) is 6.49. The fraction of sp³-hybridized carbons (Fsp3) is 0.625. The van der Waals surface area contributed by atoms with Gasteiger partial charge in [0.1, 0.15) is 0 Å². The van der Waals surface area contributed by atoms with Gasteiger partial charge in [-0.05, 0) is 37.8 Å². The first kappa shape index (κ1) is 18.4. The second-order valence-corrected chi connectivity index (χ2v) is 6.49. The van der Waals surface area contributed by atoms with Crippen LogP contribution in [-0.2, 0) is 11.0 Å². The summed E-state index contributed by atoms with van der Waals surface area (Å²) >= 11 is 0. The lowest BCUT2D eigenvalue weighted by molar-refractivity contribution is -0.141. The minimum absolute atomic E-state index is 0.0312. The van der Waals surface area contributed by atoms with Gasteiger partial charge in [0.25, 0.3) is 0 Å². The van der Waals surface area contributed by atoms with Gasteiger partial charge in [0.15, 0.2) is 11.5 Å². The fourth-order valence-corrected chi connectivity index (χ4v) is 3.33. The smallest absolute Gasteiger partial charge is 0.340 e. The zero-order chi connectivity index (χ0) is 18.7. The maximum atomic E-state index is 12.5. The van der Waals surface area contributed by atoms with E-state index in [0.717, 1.165) is 31.5 Å². The molecule has 7 nitrogen and oxygen atoms in total. The minimum Gasteiger partial charge on any atom is -0.340 e. The van der Waals surface area contributed by atoms with Crippen LogP contribution in [0.1, 0.15) is 37.8 Å². The third-order valence-electron chi connectivity index (χ3n) is 4.74. The van der Waals surface area contributed by atoms with E-state index in [1.54, 1.807) is 4.90 Å². The Morgan fingerprint density at radius 2 is 1.85 bits per heavy atom. The molecule has 1 aromatic heterocycles. The maximum absolute atomic E-state index is 12.5. The van der Waals surface area contributed by atoms with Crippen molar-refractivity contribution in [3.63, 3.8) is 0 Å². The van der Waals surface area contributed by atoms with Gasteiger partial charge in [-0.25, -0.2) is 4.79 Å². The standard InChI is InChI=1S/C16H20F3N5O2/c17-16(18,19)12-4-5-13(22-21-12)20-15(26)23-9-6-11(7-10-23)24-8-2-1-3-14(24)25/h4-5,11H,1-3,6-10H2,(H,20,22,26). The van der Waals surface area contributed by atoms with Crippen LogP contribution in [0.2, 0.25) is 0 Å². The molecule has 0 bridgehead atoms. The Kier molecular flexibility index (Phi) is 5.28. The third kappa shape index (κ3) is 4.23. The van der Waals surface area contributed by atoms with Crippen LogP contribution in [-0.4, -0.2) is 57.6 Å². The highest BCUT2D eigenvalue weighted by molar-refractivity contribution is 5.88. The second kappa shape index (κ2) is 7.46. The molecule has 2 saturated heterocycles. The maximum Gasteiger partial charge on any atom is 0.435 e. The molecule has 1 N–H and O–H groups in total. The summed E-state index contributed by atoms with van der Waals surface area (Å²) in [6, 6.07) is 1.57. The highest BCUT2D eigenvalue weighted by Crippen LogP contribution is 2.27. The zero-order valence-electron chi connectivity index (χ0n) is 14.1. The number of carbonyl (C=O) groups excluding carboxylic acids is 2. The molecular weight excluding hydrogens is 351 g/mol. The Balaban J connectivity index is 1.51. The zero-order valence-corrected chi connectivity index (χ0v) is 14.1. The van der Waals surface area contributed by atoms with Crippen molar-refractivity contribution in [3.05, 3.63) is 17.8 Å². The number of nitrogens with one attached hydrogen (secondary N) is 1. The molecule has 1 aromatic rings. The summed E-state index contributed by atoms with van der Waals surface area (Å²) < 4.78 is 37.4. The van der Waals surface area contributed by atoms with Gasteiger partial charge in [0.05, 0.1) is 0 Å².